The lowest BCUT2D eigenvalue weighted by atomic mass is 10.0. The van der Waals surface area contributed by atoms with Crippen LogP contribution in [0.2, 0.25) is 0 Å². The lowest BCUT2D eigenvalue weighted by Gasteiger charge is -2.16. The molecule has 0 radical (unpaired) electrons. The Morgan fingerprint density at radius 1 is 1.17 bits per heavy atom. The van der Waals surface area contributed by atoms with E-state index in [1.165, 1.54) is 12.1 Å². The van der Waals surface area contributed by atoms with Crippen molar-refractivity contribution in [1.82, 2.24) is 19.9 Å². The van der Waals surface area contributed by atoms with Crippen LogP contribution in [0.15, 0.2) is 73.7 Å². The third kappa shape index (κ3) is 5.96. The van der Waals surface area contributed by atoms with E-state index in [0.29, 0.717) is 40.8 Å². The van der Waals surface area contributed by atoms with E-state index in [1.807, 2.05) is 43.3 Å². The van der Waals surface area contributed by atoms with Crippen molar-refractivity contribution in [3.63, 3.8) is 0 Å². The van der Waals surface area contributed by atoms with Crippen molar-refractivity contribution < 1.29 is 13.9 Å². The number of fused-ring (bicyclic) bond motifs is 1. The molecule has 2 N–H and O–H groups in total. The first-order chi connectivity index (χ1) is 16.9. The van der Waals surface area contributed by atoms with Crippen molar-refractivity contribution >= 4 is 34.1 Å². The van der Waals surface area contributed by atoms with E-state index < -0.39 is 5.82 Å². The number of carbonyl (C=O) groups excluding carboxylic acids is 1. The molecule has 178 valence electrons. The van der Waals surface area contributed by atoms with Crippen LogP contribution in [-0.4, -0.2) is 53.0 Å². The number of nitrogens with one attached hydrogen (secondary N) is 2. The molecule has 2 aromatic carbocycles. The van der Waals surface area contributed by atoms with Gasteiger partial charge in [0.1, 0.15) is 18.2 Å². The van der Waals surface area contributed by atoms with Gasteiger partial charge in [0, 0.05) is 41.1 Å². The van der Waals surface area contributed by atoms with Crippen LogP contribution in [0.1, 0.15) is 0 Å². The number of ether oxygens (including phenoxy) is 1. The van der Waals surface area contributed by atoms with E-state index in [2.05, 4.69) is 32.2 Å². The number of amides is 1. The number of hydrogen-bond donors (Lipinski definition) is 2. The molecule has 4 aromatic rings. The minimum absolute atomic E-state index is 0.344. The first-order valence-corrected chi connectivity index (χ1v) is 10.9. The van der Waals surface area contributed by atoms with Gasteiger partial charge in [0.25, 0.3) is 0 Å². The van der Waals surface area contributed by atoms with E-state index in [1.54, 1.807) is 24.5 Å². The van der Waals surface area contributed by atoms with Crippen LogP contribution >= 0.6 is 0 Å². The average Bonchev–Trinajstić information content (AvgIpc) is 2.84. The third-order valence-electron chi connectivity index (χ3n) is 5.10. The van der Waals surface area contributed by atoms with Crippen molar-refractivity contribution in [1.29, 1.82) is 0 Å². The number of likely N-dealkylation sites (N-methyl/N-ethyl adjacent to an activating group) is 1. The largest absolute Gasteiger partial charge is 0.490 e. The van der Waals surface area contributed by atoms with Crippen molar-refractivity contribution in [3.8, 4) is 16.9 Å². The van der Waals surface area contributed by atoms with Crippen LogP contribution in [0.25, 0.3) is 22.0 Å². The predicted octanol–water partition coefficient (Wildman–Crippen LogP) is 4.64. The molecule has 1 amide bonds. The Balaban J connectivity index is 1.64. The summed E-state index contributed by atoms with van der Waals surface area (Å²) in [4.78, 5) is 27.0. The Morgan fingerprint density at radius 3 is 2.80 bits per heavy atom. The van der Waals surface area contributed by atoms with Crippen molar-refractivity contribution in [2.24, 2.45) is 0 Å². The van der Waals surface area contributed by atoms with Gasteiger partial charge in [0.15, 0.2) is 0 Å². The zero-order valence-corrected chi connectivity index (χ0v) is 19.5. The molecule has 0 unspecified atom stereocenters. The summed E-state index contributed by atoms with van der Waals surface area (Å²) in [6, 6.07) is 12.3. The highest BCUT2D eigenvalue weighted by atomic mass is 19.1. The van der Waals surface area contributed by atoms with Gasteiger partial charge < -0.3 is 20.3 Å². The zero-order valence-electron chi connectivity index (χ0n) is 19.5. The number of anilines is 3. The SMILES string of the molecule is C=CC(=O)Nc1cc(Nc2ncc3cccc(-c4cncc(F)c4)c3n2)ccc1OCCN(C)C. The summed E-state index contributed by atoms with van der Waals surface area (Å²) in [5, 5.41) is 6.74. The second-order valence-corrected chi connectivity index (χ2v) is 8.01. The summed E-state index contributed by atoms with van der Waals surface area (Å²) in [5.74, 6) is 0.105. The van der Waals surface area contributed by atoms with Gasteiger partial charge >= 0.3 is 0 Å². The number of halogens is 1. The number of rotatable bonds is 9. The van der Waals surface area contributed by atoms with E-state index in [-0.39, 0.29) is 5.91 Å². The van der Waals surface area contributed by atoms with Gasteiger partial charge in [-0.15, -0.1) is 0 Å². The van der Waals surface area contributed by atoms with Crippen LogP contribution in [0.3, 0.4) is 0 Å². The lowest BCUT2D eigenvalue weighted by Crippen LogP contribution is -2.20. The molecule has 0 atom stereocenters. The summed E-state index contributed by atoms with van der Waals surface area (Å²) < 4.78 is 19.6. The molecule has 0 spiro atoms. The van der Waals surface area contributed by atoms with Gasteiger partial charge in [-0.25, -0.2) is 14.4 Å². The van der Waals surface area contributed by atoms with Crippen LogP contribution in [0.5, 0.6) is 5.75 Å². The number of nitrogens with zero attached hydrogens (tertiary/aromatic N) is 4. The lowest BCUT2D eigenvalue weighted by molar-refractivity contribution is -0.111. The van der Waals surface area contributed by atoms with Crippen molar-refractivity contribution in [2.75, 3.05) is 37.9 Å². The molecule has 0 saturated heterocycles. The number of benzene rings is 2. The second kappa shape index (κ2) is 10.7. The van der Waals surface area contributed by atoms with E-state index >= 15 is 0 Å². The fourth-order valence-corrected chi connectivity index (χ4v) is 3.39. The molecule has 2 heterocycles. The standard InChI is InChI=1S/C26H25FN6O2/c1-4-24(34)31-22-13-20(8-9-23(22)35-11-10-33(2)3)30-26-29-15-17-6-5-7-21(25(17)32-26)18-12-19(27)16-28-14-18/h4-9,12-16H,1,10-11H2,2-3H3,(H,31,34)(H,29,30,32). The molecule has 0 saturated carbocycles. The Morgan fingerprint density at radius 2 is 2.03 bits per heavy atom. The highest BCUT2D eigenvalue weighted by Gasteiger charge is 2.11. The third-order valence-corrected chi connectivity index (χ3v) is 5.10. The Hall–Kier alpha value is -4.37. The maximum absolute atomic E-state index is 13.8. The van der Waals surface area contributed by atoms with Crippen LogP contribution in [0.4, 0.5) is 21.7 Å². The summed E-state index contributed by atoms with van der Waals surface area (Å²) in [6.45, 7) is 4.69. The van der Waals surface area contributed by atoms with Crippen LogP contribution in [0, 0.1) is 5.82 Å². The molecule has 0 fully saturated rings. The van der Waals surface area contributed by atoms with E-state index in [9.17, 15) is 9.18 Å². The fourth-order valence-electron chi connectivity index (χ4n) is 3.39. The highest BCUT2D eigenvalue weighted by Crippen LogP contribution is 2.31. The normalized spacial score (nSPS) is 10.9. The van der Waals surface area contributed by atoms with Gasteiger partial charge in [-0.05, 0) is 44.4 Å². The maximum Gasteiger partial charge on any atom is 0.247 e. The molecular formula is C26H25FN6O2. The number of para-hydroxylation sites is 1. The highest BCUT2D eigenvalue weighted by molar-refractivity contribution is 6.00. The Kier molecular flexibility index (Phi) is 7.27. The Bertz CT molecular complexity index is 1380. The van der Waals surface area contributed by atoms with Crippen molar-refractivity contribution in [2.45, 2.75) is 0 Å². The first kappa shape index (κ1) is 23.8. The number of carbonyl (C=O) groups is 1. The molecule has 8 nitrogen and oxygen atoms in total. The summed E-state index contributed by atoms with van der Waals surface area (Å²) in [6.07, 6.45) is 5.64. The predicted molar refractivity (Wildman–Crippen MR) is 135 cm³/mol. The molecule has 4 rings (SSSR count). The van der Waals surface area contributed by atoms with Crippen molar-refractivity contribution in [3.05, 3.63) is 79.5 Å². The summed E-state index contributed by atoms with van der Waals surface area (Å²) in [7, 11) is 3.91. The smallest absolute Gasteiger partial charge is 0.247 e. The minimum Gasteiger partial charge on any atom is -0.490 e. The molecule has 9 heteroatoms. The summed E-state index contributed by atoms with van der Waals surface area (Å²) in [5.41, 5.74) is 3.15. The molecule has 0 aliphatic heterocycles. The minimum atomic E-state index is -0.422. The molecule has 0 aliphatic rings. The van der Waals surface area contributed by atoms with Gasteiger partial charge in [0.05, 0.1) is 17.4 Å². The van der Waals surface area contributed by atoms with E-state index in [4.69, 9.17) is 4.74 Å². The Labute approximate surface area is 202 Å². The first-order valence-electron chi connectivity index (χ1n) is 10.9. The van der Waals surface area contributed by atoms with Gasteiger partial charge in [-0.2, -0.15) is 0 Å². The molecule has 2 aromatic heterocycles. The molecule has 0 aliphatic carbocycles. The number of pyridine rings is 1. The zero-order chi connectivity index (χ0) is 24.8. The maximum atomic E-state index is 13.8. The van der Waals surface area contributed by atoms with Crippen LogP contribution < -0.4 is 15.4 Å². The van der Waals surface area contributed by atoms with Crippen LogP contribution in [-0.2, 0) is 4.79 Å². The van der Waals surface area contributed by atoms with Gasteiger partial charge in [0.2, 0.25) is 11.9 Å². The topological polar surface area (TPSA) is 92.3 Å². The fraction of sp³-hybridized carbons (Fsp3) is 0.154. The average molecular weight is 473 g/mol. The summed E-state index contributed by atoms with van der Waals surface area (Å²) >= 11 is 0. The molecule has 35 heavy (non-hydrogen) atoms. The number of hydrogen-bond acceptors (Lipinski definition) is 7. The number of aromatic nitrogens is 3. The monoisotopic (exact) mass is 472 g/mol. The van der Waals surface area contributed by atoms with Gasteiger partial charge in [-0.1, -0.05) is 24.8 Å². The molecular weight excluding hydrogens is 447 g/mol. The quantitative estimate of drug-likeness (QED) is 0.343. The second-order valence-electron chi connectivity index (χ2n) is 8.01. The van der Waals surface area contributed by atoms with Gasteiger partial charge in [-0.3, -0.25) is 9.78 Å². The molecule has 0 bridgehead atoms. The van der Waals surface area contributed by atoms with E-state index in [0.717, 1.165) is 23.7 Å².